The highest BCUT2D eigenvalue weighted by Crippen LogP contribution is 2.37. The summed E-state index contributed by atoms with van der Waals surface area (Å²) in [4.78, 5) is 15.1. The lowest BCUT2D eigenvalue weighted by molar-refractivity contribution is 1.19. The van der Waals surface area contributed by atoms with Crippen molar-refractivity contribution < 1.29 is 0 Å². The molecule has 0 fully saturated rings. The first kappa shape index (κ1) is 26.2. The van der Waals surface area contributed by atoms with Gasteiger partial charge in [0.2, 0.25) is 0 Å². The van der Waals surface area contributed by atoms with E-state index in [-0.39, 0.29) is 0 Å². The third-order valence-electron chi connectivity index (χ3n) is 8.89. The van der Waals surface area contributed by atoms with Crippen LogP contribution < -0.4 is 0 Å². The Morgan fingerprint density at radius 2 is 0.913 bits per heavy atom. The lowest BCUT2D eigenvalue weighted by Crippen LogP contribution is -1.97. The average molecular weight is 586 g/mol. The summed E-state index contributed by atoms with van der Waals surface area (Å²) in [7, 11) is 0. The van der Waals surface area contributed by atoms with Crippen molar-refractivity contribution in [3.63, 3.8) is 0 Å². The maximum absolute atomic E-state index is 5.24. The highest BCUT2D eigenvalue weighted by molar-refractivity contribution is 6.13. The largest absolute Gasteiger partial charge is 0.256 e. The molecule has 7 aromatic carbocycles. The van der Waals surface area contributed by atoms with E-state index < -0.39 is 0 Å². The Hall–Kier alpha value is -6.19. The molecule has 0 aliphatic rings. The minimum Gasteiger partial charge on any atom is -0.256 e. The van der Waals surface area contributed by atoms with E-state index in [1.165, 1.54) is 37.7 Å². The summed E-state index contributed by atoms with van der Waals surface area (Å²) in [6.45, 7) is 0. The molecule has 0 atom stereocenters. The first-order valence-electron chi connectivity index (χ1n) is 15.5. The Morgan fingerprint density at radius 1 is 0.326 bits per heavy atom. The van der Waals surface area contributed by atoms with Gasteiger partial charge in [0.1, 0.15) is 0 Å². The van der Waals surface area contributed by atoms with Crippen molar-refractivity contribution in [2.75, 3.05) is 0 Å². The number of hydrogen-bond acceptors (Lipinski definition) is 3. The van der Waals surface area contributed by atoms with Crippen LogP contribution in [0.1, 0.15) is 0 Å². The molecule has 0 unspecified atom stereocenters. The normalized spacial score (nSPS) is 11.5. The molecule has 0 aliphatic carbocycles. The highest BCUT2D eigenvalue weighted by Gasteiger charge is 2.15. The van der Waals surface area contributed by atoms with Crippen LogP contribution in [0.4, 0.5) is 0 Å². The maximum atomic E-state index is 5.24. The van der Waals surface area contributed by atoms with Gasteiger partial charge < -0.3 is 0 Å². The zero-order valence-corrected chi connectivity index (χ0v) is 24.9. The summed E-state index contributed by atoms with van der Waals surface area (Å²) in [5, 5.41) is 9.53. The van der Waals surface area contributed by atoms with Gasteiger partial charge >= 0.3 is 0 Å². The van der Waals surface area contributed by atoms with E-state index in [0.717, 1.165) is 44.7 Å². The van der Waals surface area contributed by atoms with Crippen molar-refractivity contribution in [1.82, 2.24) is 15.0 Å². The number of benzene rings is 7. The molecule has 0 spiro atoms. The zero-order valence-electron chi connectivity index (χ0n) is 24.9. The summed E-state index contributed by atoms with van der Waals surface area (Å²) in [6, 6.07) is 55.5. The summed E-state index contributed by atoms with van der Waals surface area (Å²) >= 11 is 0. The molecular formula is C43H27N3. The van der Waals surface area contributed by atoms with Crippen LogP contribution in [0.3, 0.4) is 0 Å². The Labute approximate surface area is 266 Å². The molecule has 0 amide bonds. The fraction of sp³-hybridized carbons (Fsp3) is 0. The fourth-order valence-electron chi connectivity index (χ4n) is 6.51. The van der Waals surface area contributed by atoms with Crippen molar-refractivity contribution >= 4 is 43.1 Å². The predicted octanol–water partition coefficient (Wildman–Crippen LogP) is 11.2. The van der Waals surface area contributed by atoms with Crippen LogP contribution in [0, 0.1) is 0 Å². The molecule has 9 rings (SSSR count). The van der Waals surface area contributed by atoms with Gasteiger partial charge in [-0.15, -0.1) is 0 Å². The molecule has 46 heavy (non-hydrogen) atoms. The van der Waals surface area contributed by atoms with Crippen LogP contribution in [0.5, 0.6) is 0 Å². The molecule has 2 heterocycles. The minimum atomic E-state index is 0.691. The highest BCUT2D eigenvalue weighted by atomic mass is 14.9. The number of nitrogens with zero attached hydrogens (tertiary/aromatic N) is 3. The lowest BCUT2D eigenvalue weighted by atomic mass is 9.95. The molecule has 3 heteroatoms. The lowest BCUT2D eigenvalue weighted by Gasteiger charge is -2.14. The molecule has 9 aromatic rings. The molecule has 3 nitrogen and oxygen atoms in total. The van der Waals surface area contributed by atoms with E-state index in [9.17, 15) is 0 Å². The second-order valence-electron chi connectivity index (χ2n) is 11.7. The van der Waals surface area contributed by atoms with Gasteiger partial charge in [0.15, 0.2) is 5.82 Å². The second kappa shape index (κ2) is 10.8. The third kappa shape index (κ3) is 4.58. The molecule has 0 saturated carbocycles. The Balaban J connectivity index is 1.22. The van der Waals surface area contributed by atoms with Crippen molar-refractivity contribution in [3.05, 3.63) is 164 Å². The van der Waals surface area contributed by atoms with E-state index in [4.69, 9.17) is 15.0 Å². The smallest absolute Gasteiger partial charge is 0.160 e. The van der Waals surface area contributed by atoms with Crippen LogP contribution in [-0.2, 0) is 0 Å². The van der Waals surface area contributed by atoms with E-state index in [1.807, 2.05) is 12.3 Å². The Morgan fingerprint density at radius 3 is 1.72 bits per heavy atom. The third-order valence-corrected chi connectivity index (χ3v) is 8.89. The van der Waals surface area contributed by atoms with Crippen LogP contribution >= 0.6 is 0 Å². The van der Waals surface area contributed by atoms with Crippen LogP contribution in [0.2, 0.25) is 0 Å². The average Bonchev–Trinajstić information content (AvgIpc) is 3.14. The second-order valence-corrected chi connectivity index (χ2v) is 11.7. The molecule has 0 aliphatic heterocycles. The van der Waals surface area contributed by atoms with Crippen LogP contribution in [-0.4, -0.2) is 15.0 Å². The van der Waals surface area contributed by atoms with Crippen molar-refractivity contribution in [3.8, 4) is 45.2 Å². The van der Waals surface area contributed by atoms with Gasteiger partial charge in [-0.05, 0) is 62.0 Å². The van der Waals surface area contributed by atoms with Gasteiger partial charge in [-0.3, -0.25) is 4.98 Å². The molecule has 2 aromatic heterocycles. The molecule has 0 saturated heterocycles. The van der Waals surface area contributed by atoms with E-state index >= 15 is 0 Å². The SMILES string of the molecule is c1ccc2cc(-c3cc(-c4cc5ccccc5c5ccccc45)nc(-c4ccc(-c5cc6ccccc6cn5)cc4)n3)ccc2c1. The van der Waals surface area contributed by atoms with Gasteiger partial charge in [0, 0.05) is 33.8 Å². The monoisotopic (exact) mass is 585 g/mol. The summed E-state index contributed by atoms with van der Waals surface area (Å²) in [6.07, 6.45) is 1.94. The van der Waals surface area contributed by atoms with Gasteiger partial charge in [-0.2, -0.15) is 0 Å². The zero-order chi connectivity index (χ0) is 30.5. The Bertz CT molecular complexity index is 2590. The van der Waals surface area contributed by atoms with Gasteiger partial charge in [-0.1, -0.05) is 133 Å². The first-order valence-corrected chi connectivity index (χ1v) is 15.5. The summed E-state index contributed by atoms with van der Waals surface area (Å²) in [5.74, 6) is 0.691. The summed E-state index contributed by atoms with van der Waals surface area (Å²) < 4.78 is 0. The number of aromatic nitrogens is 3. The molecular weight excluding hydrogens is 558 g/mol. The number of pyridine rings is 1. The molecule has 0 N–H and O–H groups in total. The maximum Gasteiger partial charge on any atom is 0.160 e. The quantitative estimate of drug-likeness (QED) is 0.193. The van der Waals surface area contributed by atoms with Gasteiger partial charge in [0.25, 0.3) is 0 Å². The summed E-state index contributed by atoms with van der Waals surface area (Å²) in [5.41, 5.74) is 6.90. The van der Waals surface area contributed by atoms with E-state index in [2.05, 4.69) is 152 Å². The molecule has 0 radical (unpaired) electrons. The molecule has 214 valence electrons. The van der Waals surface area contributed by atoms with Crippen LogP contribution in [0.15, 0.2) is 164 Å². The van der Waals surface area contributed by atoms with E-state index in [1.54, 1.807) is 0 Å². The van der Waals surface area contributed by atoms with Crippen LogP contribution in [0.25, 0.3) is 88.2 Å². The molecule has 0 bridgehead atoms. The predicted molar refractivity (Wildman–Crippen MR) is 192 cm³/mol. The minimum absolute atomic E-state index is 0.691. The number of hydrogen-bond donors (Lipinski definition) is 0. The number of fused-ring (bicyclic) bond motifs is 5. The Kier molecular flexibility index (Phi) is 6.14. The van der Waals surface area contributed by atoms with E-state index in [0.29, 0.717) is 5.82 Å². The van der Waals surface area contributed by atoms with Gasteiger partial charge in [-0.25, -0.2) is 9.97 Å². The van der Waals surface area contributed by atoms with Crippen molar-refractivity contribution in [1.29, 1.82) is 0 Å². The topological polar surface area (TPSA) is 38.7 Å². The fourth-order valence-corrected chi connectivity index (χ4v) is 6.51. The van der Waals surface area contributed by atoms with Crippen molar-refractivity contribution in [2.45, 2.75) is 0 Å². The van der Waals surface area contributed by atoms with Crippen molar-refractivity contribution in [2.24, 2.45) is 0 Å². The van der Waals surface area contributed by atoms with Gasteiger partial charge in [0.05, 0.1) is 17.1 Å². The number of rotatable bonds is 4. The first-order chi connectivity index (χ1) is 22.8. The standard InChI is InChI=1S/C43H27N3/c1-2-10-31-23-34(22-17-28(31)9-1)41-26-42(39-24-33-12-5-6-14-36(33)37-15-7-8-16-38(37)39)46-43(45-41)30-20-18-29(19-21-30)40-25-32-11-3-4-13-35(32)27-44-40/h1-27H.